The number of carbonyl (C=O) groups is 2. The Kier molecular flexibility index (Phi) is 6.12. The Bertz CT molecular complexity index is 1020. The fourth-order valence-electron chi connectivity index (χ4n) is 3.08. The van der Waals surface area contributed by atoms with E-state index in [4.69, 9.17) is 9.47 Å². The van der Waals surface area contributed by atoms with Crippen LogP contribution < -0.4 is 4.74 Å². The van der Waals surface area contributed by atoms with Crippen molar-refractivity contribution in [2.75, 3.05) is 13.7 Å². The van der Waals surface area contributed by atoms with Gasteiger partial charge in [0.15, 0.2) is 12.4 Å². The number of hydrogen-bond acceptors (Lipinski definition) is 5. The van der Waals surface area contributed by atoms with Crippen molar-refractivity contribution in [1.82, 2.24) is 9.78 Å². The molecule has 1 aromatic heterocycles. The van der Waals surface area contributed by atoms with Gasteiger partial charge in [0, 0.05) is 5.56 Å². The Morgan fingerprint density at radius 2 is 1.62 bits per heavy atom. The molecule has 0 amide bonds. The third-order valence-electron chi connectivity index (χ3n) is 4.78. The molecule has 0 saturated carbocycles. The van der Waals surface area contributed by atoms with Gasteiger partial charge < -0.3 is 9.47 Å². The number of aryl methyl sites for hydroxylation is 2. The van der Waals surface area contributed by atoms with E-state index in [0.717, 1.165) is 5.56 Å². The highest BCUT2D eigenvalue weighted by molar-refractivity contribution is 5.99. The van der Waals surface area contributed by atoms with Crippen LogP contribution in [-0.4, -0.2) is 35.2 Å². The van der Waals surface area contributed by atoms with Crippen LogP contribution in [0.4, 0.5) is 0 Å². The molecule has 3 rings (SSSR count). The molecule has 0 N–H and O–H groups in total. The molecule has 29 heavy (non-hydrogen) atoms. The number of benzene rings is 2. The van der Waals surface area contributed by atoms with E-state index >= 15 is 0 Å². The first-order valence-electron chi connectivity index (χ1n) is 9.33. The highest BCUT2D eigenvalue weighted by Gasteiger charge is 2.21. The first-order valence-corrected chi connectivity index (χ1v) is 9.33. The predicted molar refractivity (Wildman–Crippen MR) is 110 cm³/mol. The van der Waals surface area contributed by atoms with E-state index in [0.29, 0.717) is 34.8 Å². The Labute approximate surface area is 170 Å². The van der Waals surface area contributed by atoms with E-state index in [9.17, 15) is 9.59 Å². The summed E-state index contributed by atoms with van der Waals surface area (Å²) in [6, 6.07) is 14.8. The van der Waals surface area contributed by atoms with Crippen molar-refractivity contribution >= 4 is 11.8 Å². The molecule has 0 bridgehead atoms. The molecule has 6 heteroatoms. The molecule has 1 heterocycles. The van der Waals surface area contributed by atoms with Crippen LogP contribution in [0.3, 0.4) is 0 Å². The van der Waals surface area contributed by atoms with Crippen molar-refractivity contribution in [1.29, 1.82) is 0 Å². The maximum absolute atomic E-state index is 12.6. The molecule has 150 valence electrons. The lowest BCUT2D eigenvalue weighted by atomic mass is 10.1. The molecular formula is C23H24N2O4. The van der Waals surface area contributed by atoms with E-state index < -0.39 is 5.97 Å². The summed E-state index contributed by atoms with van der Waals surface area (Å²) in [6.07, 6.45) is 0. The van der Waals surface area contributed by atoms with Crippen molar-refractivity contribution in [2.45, 2.75) is 27.3 Å². The van der Waals surface area contributed by atoms with Gasteiger partial charge in [-0.3, -0.25) is 9.48 Å². The third kappa shape index (κ3) is 4.71. The molecule has 0 spiro atoms. The SMILES string of the molecule is COc1ccc(C(=O)COC(=O)c2c(C)nn(Cc3ccc(C)cc3)c2C)cc1. The number of aromatic nitrogens is 2. The maximum atomic E-state index is 12.6. The molecular weight excluding hydrogens is 368 g/mol. The van der Waals surface area contributed by atoms with E-state index in [1.165, 1.54) is 5.56 Å². The van der Waals surface area contributed by atoms with Crippen LogP contribution in [0.5, 0.6) is 5.75 Å². The maximum Gasteiger partial charge on any atom is 0.342 e. The highest BCUT2D eigenvalue weighted by atomic mass is 16.5. The fourth-order valence-corrected chi connectivity index (χ4v) is 3.08. The average molecular weight is 392 g/mol. The molecule has 0 unspecified atom stereocenters. The smallest absolute Gasteiger partial charge is 0.342 e. The van der Waals surface area contributed by atoms with Gasteiger partial charge in [-0.25, -0.2) is 4.79 Å². The van der Waals surface area contributed by atoms with E-state index in [1.807, 2.05) is 38.1 Å². The second kappa shape index (κ2) is 8.73. The number of ketones is 1. The van der Waals surface area contributed by atoms with Gasteiger partial charge in [0.05, 0.1) is 25.0 Å². The van der Waals surface area contributed by atoms with Gasteiger partial charge in [0.1, 0.15) is 11.3 Å². The van der Waals surface area contributed by atoms with E-state index in [-0.39, 0.29) is 12.4 Å². The largest absolute Gasteiger partial charge is 0.497 e. The number of methoxy groups -OCH3 is 1. The van der Waals surface area contributed by atoms with Crippen molar-refractivity contribution < 1.29 is 19.1 Å². The van der Waals surface area contributed by atoms with Gasteiger partial charge in [-0.05, 0) is 50.6 Å². The lowest BCUT2D eigenvalue weighted by Crippen LogP contribution is -2.15. The van der Waals surface area contributed by atoms with Crippen LogP contribution in [0, 0.1) is 20.8 Å². The van der Waals surface area contributed by atoms with Gasteiger partial charge in [0.2, 0.25) is 0 Å². The first kappa shape index (κ1) is 20.3. The molecule has 0 saturated heterocycles. The van der Waals surface area contributed by atoms with Gasteiger partial charge in [-0.2, -0.15) is 5.10 Å². The van der Waals surface area contributed by atoms with Crippen molar-refractivity contribution in [3.05, 3.63) is 82.2 Å². The van der Waals surface area contributed by atoms with Crippen LogP contribution in [-0.2, 0) is 11.3 Å². The Balaban J connectivity index is 1.68. The number of hydrogen-bond donors (Lipinski definition) is 0. The summed E-state index contributed by atoms with van der Waals surface area (Å²) in [6.45, 7) is 5.86. The molecule has 0 aliphatic carbocycles. The lowest BCUT2D eigenvalue weighted by molar-refractivity contribution is 0.0473. The Hall–Kier alpha value is -3.41. The molecule has 0 aliphatic rings. The van der Waals surface area contributed by atoms with Crippen LogP contribution in [0.1, 0.15) is 43.2 Å². The van der Waals surface area contributed by atoms with Crippen molar-refractivity contribution in [3.63, 3.8) is 0 Å². The number of nitrogens with zero attached hydrogens (tertiary/aromatic N) is 2. The minimum Gasteiger partial charge on any atom is -0.497 e. The fraction of sp³-hybridized carbons (Fsp3) is 0.261. The molecule has 3 aromatic rings. The van der Waals surface area contributed by atoms with Crippen LogP contribution >= 0.6 is 0 Å². The summed E-state index contributed by atoms with van der Waals surface area (Å²) in [5, 5.41) is 4.47. The highest BCUT2D eigenvalue weighted by Crippen LogP contribution is 2.17. The summed E-state index contributed by atoms with van der Waals surface area (Å²) in [7, 11) is 1.56. The van der Waals surface area contributed by atoms with Gasteiger partial charge in [-0.15, -0.1) is 0 Å². The number of ether oxygens (including phenoxy) is 2. The van der Waals surface area contributed by atoms with Crippen molar-refractivity contribution in [3.8, 4) is 5.75 Å². The quantitative estimate of drug-likeness (QED) is 0.450. The zero-order valence-corrected chi connectivity index (χ0v) is 17.1. The first-order chi connectivity index (χ1) is 13.9. The third-order valence-corrected chi connectivity index (χ3v) is 4.78. The molecule has 0 aliphatic heterocycles. The average Bonchev–Trinajstić information content (AvgIpc) is 3.00. The zero-order chi connectivity index (χ0) is 21.0. The molecule has 0 fully saturated rings. The van der Waals surface area contributed by atoms with Crippen LogP contribution in [0.2, 0.25) is 0 Å². The Morgan fingerprint density at radius 1 is 0.966 bits per heavy atom. The van der Waals surface area contributed by atoms with Gasteiger partial charge in [0.25, 0.3) is 0 Å². The van der Waals surface area contributed by atoms with Gasteiger partial charge >= 0.3 is 5.97 Å². The second-order valence-electron chi connectivity index (χ2n) is 6.92. The summed E-state index contributed by atoms with van der Waals surface area (Å²) in [5.41, 5.74) is 4.44. The number of rotatable bonds is 7. The van der Waals surface area contributed by atoms with Crippen molar-refractivity contribution in [2.24, 2.45) is 0 Å². The predicted octanol–water partition coefficient (Wildman–Crippen LogP) is 3.90. The molecule has 6 nitrogen and oxygen atoms in total. The van der Waals surface area contributed by atoms with Crippen LogP contribution in [0.15, 0.2) is 48.5 Å². The summed E-state index contributed by atoms with van der Waals surface area (Å²) < 4.78 is 12.1. The number of carbonyl (C=O) groups excluding carboxylic acids is 2. The number of Topliss-reactive ketones (excluding diaryl/α,β-unsaturated/α-hetero) is 1. The summed E-state index contributed by atoms with van der Waals surface area (Å²) in [4.78, 5) is 24.9. The lowest BCUT2D eigenvalue weighted by Gasteiger charge is -2.07. The molecule has 2 aromatic carbocycles. The van der Waals surface area contributed by atoms with Gasteiger partial charge in [-0.1, -0.05) is 29.8 Å². The molecule has 0 atom stereocenters. The summed E-state index contributed by atoms with van der Waals surface area (Å²) >= 11 is 0. The normalized spacial score (nSPS) is 10.6. The topological polar surface area (TPSA) is 70.4 Å². The summed E-state index contributed by atoms with van der Waals surface area (Å²) in [5.74, 6) is -0.161. The zero-order valence-electron chi connectivity index (χ0n) is 17.1. The van der Waals surface area contributed by atoms with Crippen LogP contribution in [0.25, 0.3) is 0 Å². The standard InChI is InChI=1S/C23H24N2O4/c1-15-5-7-18(8-6-15)13-25-17(3)22(16(2)24-25)23(27)29-14-21(26)19-9-11-20(28-4)12-10-19/h5-12H,13-14H2,1-4H3. The monoisotopic (exact) mass is 392 g/mol. The Morgan fingerprint density at radius 3 is 2.24 bits per heavy atom. The number of esters is 1. The van der Waals surface area contributed by atoms with E-state index in [2.05, 4.69) is 5.10 Å². The van der Waals surface area contributed by atoms with E-state index in [1.54, 1.807) is 43.0 Å². The second-order valence-corrected chi connectivity index (χ2v) is 6.92. The minimum absolute atomic E-state index is 0.275. The minimum atomic E-state index is -0.544. The molecule has 0 radical (unpaired) electrons.